The summed E-state index contributed by atoms with van der Waals surface area (Å²) in [6.07, 6.45) is 0. The Bertz CT molecular complexity index is 745. The van der Waals surface area contributed by atoms with Gasteiger partial charge in [0, 0.05) is 16.6 Å². The van der Waals surface area contributed by atoms with Crippen LogP contribution in [0.5, 0.6) is 0 Å². The van der Waals surface area contributed by atoms with Crippen molar-refractivity contribution in [3.8, 4) is 0 Å². The zero-order chi connectivity index (χ0) is 14.1. The molecular formula is C13H14N6O. The zero-order valence-electron chi connectivity index (χ0n) is 11.1. The summed E-state index contributed by atoms with van der Waals surface area (Å²) in [5, 5.41) is 17.4. The van der Waals surface area contributed by atoms with Crippen molar-refractivity contribution in [3.05, 3.63) is 41.3 Å². The van der Waals surface area contributed by atoms with Crippen molar-refractivity contribution in [2.45, 2.75) is 19.9 Å². The van der Waals surface area contributed by atoms with Crippen LogP contribution in [0.1, 0.15) is 34.8 Å². The highest BCUT2D eigenvalue weighted by atomic mass is 16.1. The van der Waals surface area contributed by atoms with Crippen molar-refractivity contribution < 1.29 is 4.79 Å². The van der Waals surface area contributed by atoms with E-state index in [1.165, 1.54) is 0 Å². The van der Waals surface area contributed by atoms with Gasteiger partial charge in [0.15, 0.2) is 5.82 Å². The summed E-state index contributed by atoms with van der Waals surface area (Å²) in [6.45, 7) is 3.70. The van der Waals surface area contributed by atoms with Gasteiger partial charge in [0.2, 0.25) is 0 Å². The molecule has 1 unspecified atom stereocenters. The molecule has 0 spiro atoms. The molecule has 0 aliphatic carbocycles. The van der Waals surface area contributed by atoms with Crippen LogP contribution in [0.2, 0.25) is 0 Å². The average Bonchev–Trinajstić information content (AvgIpc) is 3.04. The van der Waals surface area contributed by atoms with Gasteiger partial charge in [-0.1, -0.05) is 23.4 Å². The van der Waals surface area contributed by atoms with Gasteiger partial charge in [0.25, 0.3) is 5.91 Å². The molecule has 3 aromatic rings. The molecule has 2 aromatic heterocycles. The molecule has 7 heteroatoms. The number of carbonyl (C=O) groups excluding carboxylic acids is 1. The van der Waals surface area contributed by atoms with E-state index < -0.39 is 0 Å². The molecule has 1 amide bonds. The van der Waals surface area contributed by atoms with Gasteiger partial charge in [-0.2, -0.15) is 5.21 Å². The number of para-hydroxylation sites is 1. The lowest BCUT2D eigenvalue weighted by Crippen LogP contribution is -2.27. The van der Waals surface area contributed by atoms with E-state index in [-0.39, 0.29) is 11.9 Å². The van der Waals surface area contributed by atoms with Crippen molar-refractivity contribution >= 4 is 16.8 Å². The SMILES string of the molecule is Cc1[nH]c2ccccc2c1C(=O)NC(C)c1nn[nH]n1. The smallest absolute Gasteiger partial charge is 0.254 e. The van der Waals surface area contributed by atoms with Crippen LogP contribution in [0, 0.1) is 6.92 Å². The van der Waals surface area contributed by atoms with Gasteiger partial charge in [0.1, 0.15) is 0 Å². The number of H-pyrrole nitrogens is 2. The Balaban J connectivity index is 1.91. The van der Waals surface area contributed by atoms with Crippen molar-refractivity contribution in [3.63, 3.8) is 0 Å². The van der Waals surface area contributed by atoms with Gasteiger partial charge in [-0.15, -0.1) is 10.2 Å². The first-order valence-electron chi connectivity index (χ1n) is 6.28. The fourth-order valence-corrected chi connectivity index (χ4v) is 2.26. The number of aromatic amines is 2. The topological polar surface area (TPSA) is 99.4 Å². The number of aryl methyl sites for hydroxylation is 1. The van der Waals surface area contributed by atoms with Gasteiger partial charge in [0.05, 0.1) is 11.6 Å². The molecule has 0 radical (unpaired) electrons. The number of hydrogen-bond acceptors (Lipinski definition) is 4. The molecule has 1 atom stereocenters. The Morgan fingerprint density at radius 3 is 2.90 bits per heavy atom. The maximum absolute atomic E-state index is 12.4. The van der Waals surface area contributed by atoms with E-state index in [9.17, 15) is 4.79 Å². The first-order chi connectivity index (χ1) is 9.66. The summed E-state index contributed by atoms with van der Waals surface area (Å²) >= 11 is 0. The number of nitrogens with zero attached hydrogens (tertiary/aromatic N) is 3. The molecule has 0 fully saturated rings. The fourth-order valence-electron chi connectivity index (χ4n) is 2.26. The van der Waals surface area contributed by atoms with Gasteiger partial charge in [-0.25, -0.2) is 0 Å². The van der Waals surface area contributed by atoms with Crippen molar-refractivity contribution in [2.75, 3.05) is 0 Å². The first kappa shape index (κ1) is 12.3. The maximum Gasteiger partial charge on any atom is 0.254 e. The fraction of sp³-hybridized carbons (Fsp3) is 0.231. The third-order valence-electron chi connectivity index (χ3n) is 3.22. The maximum atomic E-state index is 12.4. The van der Waals surface area contributed by atoms with E-state index in [1.54, 1.807) is 0 Å². The lowest BCUT2D eigenvalue weighted by atomic mass is 10.1. The van der Waals surface area contributed by atoms with E-state index in [4.69, 9.17) is 0 Å². The van der Waals surface area contributed by atoms with E-state index in [2.05, 4.69) is 30.9 Å². The molecule has 0 bridgehead atoms. The third-order valence-corrected chi connectivity index (χ3v) is 3.22. The van der Waals surface area contributed by atoms with Crippen LogP contribution < -0.4 is 5.32 Å². The molecule has 0 aliphatic rings. The Morgan fingerprint density at radius 1 is 1.35 bits per heavy atom. The molecule has 7 nitrogen and oxygen atoms in total. The number of carbonyl (C=O) groups is 1. The molecule has 1 aromatic carbocycles. The zero-order valence-corrected chi connectivity index (χ0v) is 11.1. The van der Waals surface area contributed by atoms with Gasteiger partial charge < -0.3 is 10.3 Å². The largest absolute Gasteiger partial charge is 0.358 e. The second-order valence-corrected chi connectivity index (χ2v) is 4.64. The minimum absolute atomic E-state index is 0.155. The number of nitrogens with one attached hydrogen (secondary N) is 3. The minimum Gasteiger partial charge on any atom is -0.358 e. The molecular weight excluding hydrogens is 256 g/mol. The van der Waals surface area contributed by atoms with Gasteiger partial charge >= 0.3 is 0 Å². The van der Waals surface area contributed by atoms with Crippen LogP contribution in [-0.4, -0.2) is 31.5 Å². The third kappa shape index (κ3) is 2.03. The summed E-state index contributed by atoms with van der Waals surface area (Å²) < 4.78 is 0. The summed E-state index contributed by atoms with van der Waals surface area (Å²) in [6, 6.07) is 7.40. The summed E-state index contributed by atoms with van der Waals surface area (Å²) in [5.74, 6) is 0.299. The molecule has 3 rings (SSSR count). The Morgan fingerprint density at radius 2 is 2.15 bits per heavy atom. The molecule has 102 valence electrons. The first-order valence-corrected chi connectivity index (χ1v) is 6.28. The second-order valence-electron chi connectivity index (χ2n) is 4.64. The Hall–Kier alpha value is -2.70. The van der Waals surface area contributed by atoms with Crippen molar-refractivity contribution in [1.29, 1.82) is 0 Å². The number of rotatable bonds is 3. The number of amides is 1. The summed E-state index contributed by atoms with van der Waals surface area (Å²) in [4.78, 5) is 15.6. The predicted molar refractivity (Wildman–Crippen MR) is 73.1 cm³/mol. The summed E-state index contributed by atoms with van der Waals surface area (Å²) in [5.41, 5.74) is 2.43. The van der Waals surface area contributed by atoms with Crippen LogP contribution in [0.15, 0.2) is 24.3 Å². The number of fused-ring (bicyclic) bond motifs is 1. The standard InChI is InChI=1S/C13H14N6O/c1-7-11(9-5-3-4-6-10(9)14-7)13(20)15-8(2)12-16-18-19-17-12/h3-6,8,14H,1-2H3,(H,15,20)(H,16,17,18,19). The molecule has 3 N–H and O–H groups in total. The molecule has 2 heterocycles. The second kappa shape index (κ2) is 4.76. The summed E-state index contributed by atoms with van der Waals surface area (Å²) in [7, 11) is 0. The van der Waals surface area contributed by atoms with Crippen molar-refractivity contribution in [1.82, 2.24) is 30.9 Å². The van der Waals surface area contributed by atoms with Gasteiger partial charge in [-0.05, 0) is 19.9 Å². The number of tetrazole rings is 1. The number of hydrogen-bond donors (Lipinski definition) is 3. The van der Waals surface area contributed by atoms with E-state index >= 15 is 0 Å². The van der Waals surface area contributed by atoms with Crippen LogP contribution in [0.4, 0.5) is 0 Å². The average molecular weight is 270 g/mol. The van der Waals surface area contributed by atoms with E-state index in [0.717, 1.165) is 16.6 Å². The number of aromatic nitrogens is 5. The lowest BCUT2D eigenvalue weighted by Gasteiger charge is -2.10. The molecule has 0 saturated heterocycles. The van der Waals surface area contributed by atoms with Crippen molar-refractivity contribution in [2.24, 2.45) is 0 Å². The quantitative estimate of drug-likeness (QED) is 0.671. The van der Waals surface area contributed by atoms with Gasteiger partial charge in [-0.3, -0.25) is 4.79 Å². The Kier molecular flexibility index (Phi) is 2.94. The predicted octanol–water partition coefficient (Wildman–Crippen LogP) is 1.48. The highest BCUT2D eigenvalue weighted by molar-refractivity contribution is 6.08. The van der Waals surface area contributed by atoms with Crippen LogP contribution in [0.25, 0.3) is 10.9 Å². The Labute approximate surface area is 114 Å². The minimum atomic E-state index is -0.311. The highest BCUT2D eigenvalue weighted by Crippen LogP contribution is 2.22. The van der Waals surface area contributed by atoms with Crippen LogP contribution >= 0.6 is 0 Å². The molecule has 0 aliphatic heterocycles. The normalized spacial score (nSPS) is 12.5. The van der Waals surface area contributed by atoms with Crippen LogP contribution in [-0.2, 0) is 0 Å². The monoisotopic (exact) mass is 270 g/mol. The highest BCUT2D eigenvalue weighted by Gasteiger charge is 2.19. The lowest BCUT2D eigenvalue weighted by molar-refractivity contribution is 0.0939. The number of benzene rings is 1. The molecule has 0 saturated carbocycles. The van der Waals surface area contributed by atoms with E-state index in [0.29, 0.717) is 11.4 Å². The molecule has 20 heavy (non-hydrogen) atoms. The van der Waals surface area contributed by atoms with E-state index in [1.807, 2.05) is 38.1 Å². The van der Waals surface area contributed by atoms with Crippen LogP contribution in [0.3, 0.4) is 0 Å².